The second-order valence-corrected chi connectivity index (χ2v) is 3.50. The van der Waals surface area contributed by atoms with Crippen LogP contribution in [-0.4, -0.2) is 12.1 Å². The molecule has 0 aliphatic heterocycles. The van der Waals surface area contributed by atoms with E-state index >= 15 is 0 Å². The number of primary amides is 1. The van der Waals surface area contributed by atoms with Crippen LogP contribution in [0, 0.1) is 5.92 Å². The summed E-state index contributed by atoms with van der Waals surface area (Å²) in [5, 5.41) is 0. The summed E-state index contributed by atoms with van der Waals surface area (Å²) in [6.45, 7) is 2.19. The predicted octanol–water partition coefficient (Wildman–Crippen LogP) is 0.738. The number of amides is 2. The molecule has 4 heteroatoms. The summed E-state index contributed by atoms with van der Waals surface area (Å²) in [5.41, 5.74) is 10.3. The first-order valence-corrected chi connectivity index (χ1v) is 4.51. The molecule has 1 aliphatic carbocycles. The molecule has 1 rings (SSSR count). The van der Waals surface area contributed by atoms with Crippen LogP contribution in [0.15, 0.2) is 0 Å². The van der Waals surface area contributed by atoms with Crippen LogP contribution in [-0.2, 0) is 0 Å². The SMILES string of the molecule is C[C@@H]1CCCC[C@@H]1NNC(N)=O. The molecule has 0 aromatic carbocycles. The lowest BCUT2D eigenvalue weighted by Crippen LogP contribution is -2.50. The average Bonchev–Trinajstić information content (AvgIpc) is 2.03. The van der Waals surface area contributed by atoms with Crippen LogP contribution in [0.1, 0.15) is 32.6 Å². The highest BCUT2D eigenvalue weighted by atomic mass is 16.2. The van der Waals surface area contributed by atoms with Gasteiger partial charge in [0.25, 0.3) is 0 Å². The van der Waals surface area contributed by atoms with E-state index in [1.54, 1.807) is 0 Å². The molecular formula is C8H17N3O. The molecule has 0 aromatic rings. The third-order valence-electron chi connectivity index (χ3n) is 2.49. The second kappa shape index (κ2) is 4.30. The van der Waals surface area contributed by atoms with E-state index in [1.165, 1.54) is 19.3 Å². The number of urea groups is 1. The van der Waals surface area contributed by atoms with E-state index in [2.05, 4.69) is 17.8 Å². The molecule has 4 nitrogen and oxygen atoms in total. The topological polar surface area (TPSA) is 67.2 Å². The number of nitrogens with one attached hydrogen (secondary N) is 2. The van der Waals surface area contributed by atoms with Crippen LogP contribution < -0.4 is 16.6 Å². The van der Waals surface area contributed by atoms with Gasteiger partial charge >= 0.3 is 6.03 Å². The van der Waals surface area contributed by atoms with Gasteiger partial charge in [0.1, 0.15) is 0 Å². The molecule has 0 bridgehead atoms. The van der Waals surface area contributed by atoms with Crippen molar-refractivity contribution in [2.24, 2.45) is 11.7 Å². The Balaban J connectivity index is 2.24. The maximum Gasteiger partial charge on any atom is 0.326 e. The number of hydrazine groups is 1. The lowest BCUT2D eigenvalue weighted by Gasteiger charge is -2.29. The Morgan fingerprint density at radius 2 is 2.08 bits per heavy atom. The standard InChI is InChI=1S/C8H17N3O/c1-6-4-2-3-5-7(6)10-11-8(9)12/h6-7,10H,2-5H2,1H3,(H3,9,11,12)/t6-,7+/m1/s1. The van der Waals surface area contributed by atoms with E-state index in [-0.39, 0.29) is 0 Å². The highest BCUT2D eigenvalue weighted by Crippen LogP contribution is 2.22. The van der Waals surface area contributed by atoms with Crippen molar-refractivity contribution in [2.45, 2.75) is 38.6 Å². The molecule has 2 atom stereocenters. The Morgan fingerprint density at radius 1 is 1.42 bits per heavy atom. The van der Waals surface area contributed by atoms with Crippen molar-refractivity contribution < 1.29 is 4.79 Å². The van der Waals surface area contributed by atoms with Crippen molar-refractivity contribution in [1.82, 2.24) is 10.9 Å². The average molecular weight is 171 g/mol. The van der Waals surface area contributed by atoms with Crippen LogP contribution in [0.3, 0.4) is 0 Å². The highest BCUT2D eigenvalue weighted by Gasteiger charge is 2.20. The summed E-state index contributed by atoms with van der Waals surface area (Å²) in [4.78, 5) is 10.4. The zero-order valence-corrected chi connectivity index (χ0v) is 7.47. The summed E-state index contributed by atoms with van der Waals surface area (Å²) in [7, 11) is 0. The third kappa shape index (κ3) is 2.70. The molecule has 1 aliphatic rings. The minimum Gasteiger partial charge on any atom is -0.351 e. The predicted molar refractivity (Wildman–Crippen MR) is 47.3 cm³/mol. The minimum absolute atomic E-state index is 0.395. The molecule has 0 heterocycles. The summed E-state index contributed by atoms with van der Waals surface area (Å²) < 4.78 is 0. The minimum atomic E-state index is -0.507. The smallest absolute Gasteiger partial charge is 0.326 e. The second-order valence-electron chi connectivity index (χ2n) is 3.50. The molecule has 0 spiro atoms. The Hall–Kier alpha value is -0.770. The van der Waals surface area contributed by atoms with E-state index < -0.39 is 6.03 Å². The van der Waals surface area contributed by atoms with Crippen molar-refractivity contribution >= 4 is 6.03 Å². The quantitative estimate of drug-likeness (QED) is 0.536. The molecule has 1 fully saturated rings. The molecule has 12 heavy (non-hydrogen) atoms. The van der Waals surface area contributed by atoms with Crippen LogP contribution in [0.4, 0.5) is 4.79 Å². The van der Waals surface area contributed by atoms with Gasteiger partial charge in [-0.15, -0.1) is 0 Å². The molecule has 2 amide bonds. The van der Waals surface area contributed by atoms with Gasteiger partial charge in [0.05, 0.1) is 0 Å². The fraction of sp³-hybridized carbons (Fsp3) is 0.875. The van der Waals surface area contributed by atoms with Gasteiger partial charge in [0, 0.05) is 6.04 Å². The number of hydrogen-bond donors (Lipinski definition) is 3. The van der Waals surface area contributed by atoms with Crippen LogP contribution in [0.2, 0.25) is 0 Å². The van der Waals surface area contributed by atoms with Gasteiger partial charge in [-0.2, -0.15) is 0 Å². The number of carbonyl (C=O) groups is 1. The maximum absolute atomic E-state index is 10.4. The lowest BCUT2D eigenvalue weighted by atomic mass is 9.86. The fourth-order valence-electron chi connectivity index (χ4n) is 1.69. The van der Waals surface area contributed by atoms with E-state index in [4.69, 9.17) is 5.73 Å². The largest absolute Gasteiger partial charge is 0.351 e. The van der Waals surface area contributed by atoms with Gasteiger partial charge < -0.3 is 5.73 Å². The third-order valence-corrected chi connectivity index (χ3v) is 2.49. The Labute approximate surface area is 72.9 Å². The van der Waals surface area contributed by atoms with Crippen LogP contribution in [0.5, 0.6) is 0 Å². The number of carbonyl (C=O) groups excluding carboxylic acids is 1. The molecular weight excluding hydrogens is 154 g/mol. The van der Waals surface area contributed by atoms with Gasteiger partial charge in [0.15, 0.2) is 0 Å². The fourth-order valence-corrected chi connectivity index (χ4v) is 1.69. The maximum atomic E-state index is 10.4. The molecule has 70 valence electrons. The van der Waals surface area contributed by atoms with Gasteiger partial charge in [-0.05, 0) is 18.8 Å². The summed E-state index contributed by atoms with van der Waals surface area (Å²) >= 11 is 0. The Kier molecular flexibility index (Phi) is 3.34. The molecule has 0 radical (unpaired) electrons. The van der Waals surface area contributed by atoms with Crippen LogP contribution in [0.25, 0.3) is 0 Å². The summed E-state index contributed by atoms with van der Waals surface area (Å²) in [6, 6.07) is -0.112. The number of nitrogens with two attached hydrogens (primary N) is 1. The lowest BCUT2D eigenvalue weighted by molar-refractivity contribution is 0.226. The van der Waals surface area contributed by atoms with Gasteiger partial charge in [-0.1, -0.05) is 19.8 Å². The normalized spacial score (nSPS) is 29.8. The zero-order valence-electron chi connectivity index (χ0n) is 7.47. The first kappa shape index (κ1) is 9.32. The van der Waals surface area contributed by atoms with Crippen LogP contribution >= 0.6 is 0 Å². The van der Waals surface area contributed by atoms with Gasteiger partial charge in [-0.25, -0.2) is 10.2 Å². The molecule has 4 N–H and O–H groups in total. The summed E-state index contributed by atoms with van der Waals surface area (Å²) in [5.74, 6) is 0.630. The first-order valence-electron chi connectivity index (χ1n) is 4.51. The van der Waals surface area contributed by atoms with Crippen molar-refractivity contribution in [2.75, 3.05) is 0 Å². The molecule has 1 saturated carbocycles. The number of rotatable bonds is 2. The van der Waals surface area contributed by atoms with Crippen molar-refractivity contribution in [3.8, 4) is 0 Å². The Bertz CT molecular complexity index is 160. The monoisotopic (exact) mass is 171 g/mol. The Morgan fingerprint density at radius 3 is 2.67 bits per heavy atom. The van der Waals surface area contributed by atoms with Crippen molar-refractivity contribution in [3.63, 3.8) is 0 Å². The summed E-state index contributed by atoms with van der Waals surface area (Å²) in [6.07, 6.45) is 4.90. The first-order chi connectivity index (χ1) is 5.70. The van der Waals surface area contributed by atoms with E-state index in [0.717, 1.165) is 6.42 Å². The van der Waals surface area contributed by atoms with Gasteiger partial charge in [-0.3, -0.25) is 5.43 Å². The molecule has 0 aromatic heterocycles. The molecule has 0 unspecified atom stereocenters. The molecule has 0 saturated heterocycles. The van der Waals surface area contributed by atoms with E-state index in [0.29, 0.717) is 12.0 Å². The highest BCUT2D eigenvalue weighted by molar-refractivity contribution is 5.70. The van der Waals surface area contributed by atoms with Crippen molar-refractivity contribution in [1.29, 1.82) is 0 Å². The van der Waals surface area contributed by atoms with E-state index in [9.17, 15) is 4.79 Å². The van der Waals surface area contributed by atoms with Gasteiger partial charge in [0.2, 0.25) is 0 Å². The van der Waals surface area contributed by atoms with Crippen molar-refractivity contribution in [3.05, 3.63) is 0 Å². The number of hydrogen-bond acceptors (Lipinski definition) is 2. The van der Waals surface area contributed by atoms with E-state index in [1.807, 2.05) is 0 Å². The zero-order chi connectivity index (χ0) is 8.97.